The molecule has 0 unspecified atom stereocenters. The number of thiocarbonyl (C=S) groups is 1. The smallest absolute Gasteiger partial charge is 0.338 e. The van der Waals surface area contributed by atoms with Gasteiger partial charge in [-0.3, -0.25) is 0 Å². The van der Waals surface area contributed by atoms with E-state index < -0.39 is 0 Å². The van der Waals surface area contributed by atoms with Crippen molar-refractivity contribution < 1.29 is 9.53 Å². The number of carbonyl (C=O) groups is 1. The number of carbonyl (C=O) groups excluding carboxylic acids is 1. The Bertz CT molecular complexity index is 482. The van der Waals surface area contributed by atoms with Gasteiger partial charge in [-0.25, -0.2) is 4.79 Å². The van der Waals surface area contributed by atoms with Gasteiger partial charge in [0.25, 0.3) is 0 Å². The molecule has 0 aliphatic heterocycles. The maximum atomic E-state index is 11.7. The van der Waals surface area contributed by atoms with Crippen molar-refractivity contribution in [3.05, 3.63) is 29.8 Å². The molecule has 0 atom stereocenters. The SMILES string of the molecule is CCCOC(=O)c1ccc(NC(=S)NC2CCCC2)cc1. The van der Waals surface area contributed by atoms with Crippen molar-refractivity contribution in [1.82, 2.24) is 5.32 Å². The Morgan fingerprint density at radius 2 is 1.95 bits per heavy atom. The summed E-state index contributed by atoms with van der Waals surface area (Å²) in [6.07, 6.45) is 5.74. The van der Waals surface area contributed by atoms with Crippen molar-refractivity contribution in [1.29, 1.82) is 0 Å². The van der Waals surface area contributed by atoms with Crippen molar-refractivity contribution in [2.75, 3.05) is 11.9 Å². The highest BCUT2D eigenvalue weighted by Crippen LogP contribution is 2.18. The Kier molecular flexibility index (Phi) is 5.99. The first-order chi connectivity index (χ1) is 10.2. The molecule has 1 aliphatic carbocycles. The number of esters is 1. The molecule has 0 spiro atoms. The molecule has 5 heteroatoms. The van der Waals surface area contributed by atoms with Crippen LogP contribution >= 0.6 is 12.2 Å². The fourth-order valence-corrected chi connectivity index (χ4v) is 2.67. The fourth-order valence-electron chi connectivity index (χ4n) is 2.39. The number of benzene rings is 1. The first-order valence-corrected chi connectivity index (χ1v) is 7.94. The number of hydrogen-bond acceptors (Lipinski definition) is 3. The Morgan fingerprint density at radius 1 is 1.29 bits per heavy atom. The summed E-state index contributed by atoms with van der Waals surface area (Å²) in [5.74, 6) is -0.282. The van der Waals surface area contributed by atoms with E-state index in [0.717, 1.165) is 12.1 Å². The predicted octanol–water partition coefficient (Wildman–Crippen LogP) is 3.48. The molecule has 1 fully saturated rings. The molecule has 0 radical (unpaired) electrons. The van der Waals surface area contributed by atoms with Crippen LogP contribution in [-0.4, -0.2) is 23.7 Å². The molecular formula is C16H22N2O2S. The lowest BCUT2D eigenvalue weighted by Gasteiger charge is -2.15. The van der Waals surface area contributed by atoms with Gasteiger partial charge in [-0.05, 0) is 55.7 Å². The van der Waals surface area contributed by atoms with E-state index in [1.165, 1.54) is 25.7 Å². The van der Waals surface area contributed by atoms with Crippen LogP contribution in [0.4, 0.5) is 5.69 Å². The van der Waals surface area contributed by atoms with Crippen LogP contribution in [0, 0.1) is 0 Å². The number of nitrogens with one attached hydrogen (secondary N) is 2. The van der Waals surface area contributed by atoms with E-state index in [2.05, 4.69) is 10.6 Å². The summed E-state index contributed by atoms with van der Waals surface area (Å²) in [4.78, 5) is 11.7. The Balaban J connectivity index is 1.83. The second-order valence-corrected chi connectivity index (χ2v) is 5.70. The van der Waals surface area contributed by atoms with Crippen LogP contribution in [0.5, 0.6) is 0 Å². The van der Waals surface area contributed by atoms with Crippen LogP contribution in [0.15, 0.2) is 24.3 Å². The molecule has 2 rings (SSSR count). The topological polar surface area (TPSA) is 50.4 Å². The molecule has 1 aliphatic rings. The molecular weight excluding hydrogens is 284 g/mol. The van der Waals surface area contributed by atoms with Gasteiger partial charge in [-0.2, -0.15) is 0 Å². The second-order valence-electron chi connectivity index (χ2n) is 5.29. The molecule has 0 bridgehead atoms. The lowest BCUT2D eigenvalue weighted by atomic mass is 10.2. The molecule has 1 aromatic carbocycles. The van der Waals surface area contributed by atoms with Crippen LogP contribution in [0.1, 0.15) is 49.4 Å². The van der Waals surface area contributed by atoms with Crippen LogP contribution in [0.2, 0.25) is 0 Å². The summed E-state index contributed by atoms with van der Waals surface area (Å²) in [5, 5.41) is 7.11. The van der Waals surface area contributed by atoms with Crippen molar-refractivity contribution in [2.24, 2.45) is 0 Å². The van der Waals surface area contributed by atoms with Crippen molar-refractivity contribution >= 4 is 29.0 Å². The fraction of sp³-hybridized carbons (Fsp3) is 0.500. The summed E-state index contributed by atoms with van der Waals surface area (Å²) in [7, 11) is 0. The Morgan fingerprint density at radius 3 is 2.57 bits per heavy atom. The highest BCUT2D eigenvalue weighted by atomic mass is 32.1. The molecule has 1 saturated carbocycles. The quantitative estimate of drug-likeness (QED) is 0.644. The standard InChI is InChI=1S/C16H22N2O2S/c1-2-11-20-15(19)12-7-9-14(10-8-12)18-16(21)17-13-5-3-4-6-13/h7-10,13H,2-6,11H2,1H3,(H2,17,18,21). The van der Waals surface area contributed by atoms with Crippen molar-refractivity contribution in [3.63, 3.8) is 0 Å². The monoisotopic (exact) mass is 306 g/mol. The van der Waals surface area contributed by atoms with Gasteiger partial charge in [0.05, 0.1) is 12.2 Å². The zero-order valence-electron chi connectivity index (χ0n) is 12.4. The minimum absolute atomic E-state index is 0.282. The first-order valence-electron chi connectivity index (χ1n) is 7.53. The third-order valence-electron chi connectivity index (χ3n) is 3.51. The Hall–Kier alpha value is -1.62. The molecule has 0 aromatic heterocycles. The van der Waals surface area contributed by atoms with E-state index >= 15 is 0 Å². The first kappa shape index (κ1) is 15.8. The predicted molar refractivity (Wildman–Crippen MR) is 88.6 cm³/mol. The summed E-state index contributed by atoms with van der Waals surface area (Å²) in [6, 6.07) is 7.67. The second kappa shape index (κ2) is 7.98. The lowest BCUT2D eigenvalue weighted by molar-refractivity contribution is 0.0505. The molecule has 0 saturated heterocycles. The number of hydrogen-bond donors (Lipinski definition) is 2. The summed E-state index contributed by atoms with van der Waals surface area (Å²) < 4.78 is 5.09. The largest absolute Gasteiger partial charge is 0.462 e. The normalized spacial score (nSPS) is 14.7. The average Bonchev–Trinajstić information content (AvgIpc) is 2.98. The van der Waals surface area contributed by atoms with E-state index in [-0.39, 0.29) is 5.97 Å². The maximum absolute atomic E-state index is 11.7. The molecule has 1 aromatic rings. The van der Waals surface area contributed by atoms with Gasteiger partial charge in [-0.15, -0.1) is 0 Å². The van der Waals surface area contributed by atoms with Crippen molar-refractivity contribution in [2.45, 2.75) is 45.1 Å². The lowest BCUT2D eigenvalue weighted by Crippen LogP contribution is -2.35. The Labute approximate surface area is 131 Å². The average molecular weight is 306 g/mol. The minimum atomic E-state index is -0.282. The maximum Gasteiger partial charge on any atom is 0.338 e. The zero-order chi connectivity index (χ0) is 15.1. The molecule has 21 heavy (non-hydrogen) atoms. The number of rotatable bonds is 5. The third kappa shape index (κ3) is 5.01. The highest BCUT2D eigenvalue weighted by molar-refractivity contribution is 7.80. The van der Waals surface area contributed by atoms with Crippen LogP contribution < -0.4 is 10.6 Å². The van der Waals surface area contributed by atoms with E-state index in [1.807, 2.05) is 19.1 Å². The summed E-state index contributed by atoms with van der Waals surface area (Å²) in [6.45, 7) is 2.42. The third-order valence-corrected chi connectivity index (χ3v) is 3.73. The molecule has 2 N–H and O–H groups in total. The molecule has 114 valence electrons. The number of anilines is 1. The van der Waals surface area contributed by atoms with Gasteiger partial charge in [0.15, 0.2) is 5.11 Å². The van der Waals surface area contributed by atoms with E-state index in [1.54, 1.807) is 12.1 Å². The van der Waals surface area contributed by atoms with Crippen LogP contribution in [0.25, 0.3) is 0 Å². The number of ether oxygens (including phenoxy) is 1. The van der Waals surface area contributed by atoms with E-state index in [4.69, 9.17) is 17.0 Å². The highest BCUT2D eigenvalue weighted by Gasteiger charge is 2.15. The summed E-state index contributed by atoms with van der Waals surface area (Å²) >= 11 is 5.30. The molecule has 4 nitrogen and oxygen atoms in total. The van der Waals surface area contributed by atoms with E-state index in [9.17, 15) is 4.79 Å². The zero-order valence-corrected chi connectivity index (χ0v) is 13.2. The minimum Gasteiger partial charge on any atom is -0.462 e. The van der Waals surface area contributed by atoms with Gasteiger partial charge in [-0.1, -0.05) is 19.8 Å². The van der Waals surface area contributed by atoms with Gasteiger partial charge < -0.3 is 15.4 Å². The van der Waals surface area contributed by atoms with E-state index in [0.29, 0.717) is 23.3 Å². The van der Waals surface area contributed by atoms with Crippen LogP contribution in [-0.2, 0) is 4.74 Å². The van der Waals surface area contributed by atoms with Gasteiger partial charge in [0.1, 0.15) is 0 Å². The van der Waals surface area contributed by atoms with Crippen LogP contribution in [0.3, 0.4) is 0 Å². The van der Waals surface area contributed by atoms with Gasteiger partial charge in [0, 0.05) is 11.7 Å². The summed E-state index contributed by atoms with van der Waals surface area (Å²) in [5.41, 5.74) is 1.43. The molecule has 0 amide bonds. The van der Waals surface area contributed by atoms with Gasteiger partial charge >= 0.3 is 5.97 Å². The van der Waals surface area contributed by atoms with Gasteiger partial charge in [0.2, 0.25) is 0 Å². The van der Waals surface area contributed by atoms with Crippen molar-refractivity contribution in [3.8, 4) is 0 Å². The molecule has 0 heterocycles.